The van der Waals surface area contributed by atoms with Crippen molar-refractivity contribution < 1.29 is 17.3 Å². The smallest absolute Gasteiger partial charge is 0.339 e. The van der Waals surface area contributed by atoms with E-state index in [9.17, 15) is 8.42 Å². The van der Waals surface area contributed by atoms with Crippen LogP contribution in [0.1, 0.15) is 26.3 Å². The topological polar surface area (TPSA) is 52.6 Å². The Morgan fingerprint density at radius 3 is 1.91 bits per heavy atom. The van der Waals surface area contributed by atoms with Gasteiger partial charge in [0.25, 0.3) is 0 Å². The molecule has 4 nitrogen and oxygen atoms in total. The fourth-order valence-electron chi connectivity index (χ4n) is 1.98. The molecule has 0 N–H and O–H groups in total. The average Bonchev–Trinajstić information content (AvgIpc) is 2.47. The Hall–Kier alpha value is -2.01. The summed E-state index contributed by atoms with van der Waals surface area (Å²) in [5.41, 5.74) is 1.02. The summed E-state index contributed by atoms with van der Waals surface area (Å²) in [5, 5.41) is 0. The monoisotopic (exact) mass is 320 g/mol. The van der Waals surface area contributed by atoms with Gasteiger partial charge in [0.2, 0.25) is 0 Å². The van der Waals surface area contributed by atoms with Crippen molar-refractivity contribution in [3.05, 3.63) is 54.1 Å². The second kappa shape index (κ2) is 6.01. The number of ether oxygens (including phenoxy) is 1. The van der Waals surface area contributed by atoms with Crippen LogP contribution in [-0.4, -0.2) is 15.5 Å². The third-order valence-electron chi connectivity index (χ3n) is 3.28. The van der Waals surface area contributed by atoms with Crippen LogP contribution in [0.15, 0.2) is 53.4 Å². The highest BCUT2D eigenvalue weighted by Crippen LogP contribution is 2.30. The van der Waals surface area contributed by atoms with Crippen molar-refractivity contribution in [3.63, 3.8) is 0 Å². The van der Waals surface area contributed by atoms with Gasteiger partial charge in [-0.3, -0.25) is 0 Å². The lowest BCUT2D eigenvalue weighted by molar-refractivity contribution is 0.390. The maximum atomic E-state index is 12.4. The average molecular weight is 320 g/mol. The zero-order valence-corrected chi connectivity index (χ0v) is 14.0. The molecule has 0 bridgehead atoms. The molecule has 0 spiro atoms. The Balaban J connectivity index is 2.31. The molecule has 2 rings (SSSR count). The van der Waals surface area contributed by atoms with Gasteiger partial charge in [-0.25, -0.2) is 0 Å². The molecular weight excluding hydrogens is 300 g/mol. The maximum absolute atomic E-state index is 12.4. The minimum Gasteiger partial charge on any atom is -0.493 e. The van der Waals surface area contributed by atoms with E-state index in [0.717, 1.165) is 5.56 Å². The normalized spacial score (nSPS) is 12.0. The summed E-state index contributed by atoms with van der Waals surface area (Å²) in [6.07, 6.45) is 0. The third-order valence-corrected chi connectivity index (χ3v) is 4.53. The van der Waals surface area contributed by atoms with Crippen molar-refractivity contribution in [2.24, 2.45) is 0 Å². The highest BCUT2D eigenvalue weighted by molar-refractivity contribution is 7.87. The molecule has 2 aromatic rings. The Labute approximate surface area is 131 Å². The fraction of sp³-hybridized carbons (Fsp3) is 0.294. The number of methoxy groups -OCH3 is 1. The Morgan fingerprint density at radius 2 is 1.41 bits per heavy atom. The molecule has 0 saturated carbocycles. The molecule has 0 atom stereocenters. The van der Waals surface area contributed by atoms with Gasteiger partial charge < -0.3 is 8.92 Å². The first-order valence-corrected chi connectivity index (χ1v) is 8.33. The summed E-state index contributed by atoms with van der Waals surface area (Å²) in [7, 11) is -2.42. The molecule has 0 unspecified atom stereocenters. The van der Waals surface area contributed by atoms with Crippen LogP contribution in [0.4, 0.5) is 0 Å². The van der Waals surface area contributed by atoms with Crippen LogP contribution in [0.3, 0.4) is 0 Å². The molecule has 0 saturated heterocycles. The zero-order chi connectivity index (χ0) is 16.4. The lowest BCUT2D eigenvalue weighted by atomic mass is 9.87. The van der Waals surface area contributed by atoms with Gasteiger partial charge in [0, 0.05) is 0 Å². The van der Waals surface area contributed by atoms with Crippen LogP contribution < -0.4 is 8.92 Å². The Morgan fingerprint density at radius 1 is 0.864 bits per heavy atom. The Bertz CT molecular complexity index is 741. The van der Waals surface area contributed by atoms with Gasteiger partial charge in [0.15, 0.2) is 11.5 Å². The van der Waals surface area contributed by atoms with Crippen LogP contribution in [0.25, 0.3) is 0 Å². The van der Waals surface area contributed by atoms with E-state index in [-0.39, 0.29) is 16.1 Å². The van der Waals surface area contributed by atoms with Crippen molar-refractivity contribution in [2.75, 3.05) is 7.11 Å². The molecule has 22 heavy (non-hydrogen) atoms. The third kappa shape index (κ3) is 3.60. The molecule has 118 valence electrons. The van der Waals surface area contributed by atoms with E-state index in [1.807, 2.05) is 0 Å². The molecule has 0 fully saturated rings. The van der Waals surface area contributed by atoms with E-state index in [2.05, 4.69) is 20.8 Å². The zero-order valence-electron chi connectivity index (χ0n) is 13.2. The molecular formula is C17H20O4S. The van der Waals surface area contributed by atoms with Crippen molar-refractivity contribution >= 4 is 10.1 Å². The van der Waals surface area contributed by atoms with Crippen molar-refractivity contribution in [1.29, 1.82) is 0 Å². The summed E-state index contributed by atoms with van der Waals surface area (Å²) >= 11 is 0. The van der Waals surface area contributed by atoms with Crippen molar-refractivity contribution in [2.45, 2.75) is 31.1 Å². The van der Waals surface area contributed by atoms with Gasteiger partial charge >= 0.3 is 10.1 Å². The van der Waals surface area contributed by atoms with E-state index < -0.39 is 10.1 Å². The summed E-state index contributed by atoms with van der Waals surface area (Å²) in [5.74, 6) is 0.544. The molecule has 0 amide bonds. The first-order valence-electron chi connectivity index (χ1n) is 6.92. The quantitative estimate of drug-likeness (QED) is 0.805. The van der Waals surface area contributed by atoms with Gasteiger partial charge in [-0.15, -0.1) is 0 Å². The number of benzene rings is 2. The minimum atomic E-state index is -3.89. The van der Waals surface area contributed by atoms with E-state index in [1.54, 1.807) is 48.5 Å². The molecule has 0 aliphatic carbocycles. The minimum absolute atomic E-state index is 0.0359. The van der Waals surface area contributed by atoms with Crippen LogP contribution in [-0.2, 0) is 15.5 Å². The van der Waals surface area contributed by atoms with Crippen molar-refractivity contribution in [1.82, 2.24) is 0 Å². The maximum Gasteiger partial charge on any atom is 0.339 e. The standard InChI is InChI=1S/C17H20O4S/c1-17(2,3)13-9-11-14(12-10-13)22(18,19)21-16-8-6-5-7-15(16)20-4/h5-12H,1-4H3. The van der Waals surface area contributed by atoms with E-state index in [4.69, 9.17) is 8.92 Å². The number of hydrogen-bond donors (Lipinski definition) is 0. The molecule has 2 aromatic carbocycles. The van der Waals surface area contributed by atoms with Crippen molar-refractivity contribution in [3.8, 4) is 11.5 Å². The molecule has 0 heterocycles. The number of para-hydroxylation sites is 2. The number of hydrogen-bond acceptors (Lipinski definition) is 4. The second-order valence-corrected chi connectivity index (χ2v) is 7.51. The first-order chi connectivity index (χ1) is 10.2. The lowest BCUT2D eigenvalue weighted by Gasteiger charge is -2.19. The van der Waals surface area contributed by atoms with Gasteiger partial charge in [-0.2, -0.15) is 8.42 Å². The van der Waals surface area contributed by atoms with Crippen LogP contribution in [0.5, 0.6) is 11.5 Å². The summed E-state index contributed by atoms with van der Waals surface area (Å²) in [6, 6.07) is 13.4. The Kier molecular flexibility index (Phi) is 4.47. The molecule has 5 heteroatoms. The summed E-state index contributed by atoms with van der Waals surface area (Å²) in [4.78, 5) is 0.117. The number of rotatable bonds is 4. The largest absolute Gasteiger partial charge is 0.493 e. The molecule has 0 aliphatic rings. The van der Waals surface area contributed by atoms with Crippen LogP contribution in [0.2, 0.25) is 0 Å². The predicted octanol–water partition coefficient (Wildman–Crippen LogP) is 3.76. The SMILES string of the molecule is COc1ccccc1OS(=O)(=O)c1ccc(C(C)(C)C)cc1. The van der Waals surface area contributed by atoms with E-state index in [0.29, 0.717) is 5.75 Å². The first kappa shape index (κ1) is 16.4. The fourth-order valence-corrected chi connectivity index (χ4v) is 2.92. The van der Waals surface area contributed by atoms with Gasteiger partial charge in [-0.1, -0.05) is 45.0 Å². The summed E-state index contributed by atoms with van der Waals surface area (Å²) < 4.78 is 35.0. The summed E-state index contributed by atoms with van der Waals surface area (Å²) in [6.45, 7) is 6.21. The van der Waals surface area contributed by atoms with Gasteiger partial charge in [-0.05, 0) is 35.2 Å². The second-order valence-electron chi connectivity index (χ2n) is 5.96. The molecule has 0 aliphatic heterocycles. The van der Waals surface area contributed by atoms with Gasteiger partial charge in [0.05, 0.1) is 7.11 Å². The highest BCUT2D eigenvalue weighted by atomic mass is 32.2. The van der Waals surface area contributed by atoms with Gasteiger partial charge in [0.1, 0.15) is 4.90 Å². The van der Waals surface area contributed by atoms with Crippen LogP contribution in [0, 0.1) is 0 Å². The molecule has 0 radical (unpaired) electrons. The predicted molar refractivity (Wildman–Crippen MR) is 85.9 cm³/mol. The van der Waals surface area contributed by atoms with Crippen LogP contribution >= 0.6 is 0 Å². The van der Waals surface area contributed by atoms with E-state index >= 15 is 0 Å². The van der Waals surface area contributed by atoms with E-state index in [1.165, 1.54) is 7.11 Å². The molecule has 0 aromatic heterocycles. The lowest BCUT2D eigenvalue weighted by Crippen LogP contribution is -2.13. The highest BCUT2D eigenvalue weighted by Gasteiger charge is 2.20.